The lowest BCUT2D eigenvalue weighted by molar-refractivity contribution is 0.236. The monoisotopic (exact) mass is 416 g/mol. The van der Waals surface area contributed by atoms with Gasteiger partial charge in [0.15, 0.2) is 0 Å². The van der Waals surface area contributed by atoms with Gasteiger partial charge in [-0.05, 0) is 40.3 Å². The van der Waals surface area contributed by atoms with Gasteiger partial charge < -0.3 is 5.32 Å². The van der Waals surface area contributed by atoms with Gasteiger partial charge in [0.2, 0.25) is 0 Å². The Labute approximate surface area is 188 Å². The summed E-state index contributed by atoms with van der Waals surface area (Å²) in [4.78, 5) is 16.0. The molecule has 3 nitrogen and oxygen atoms in total. The Morgan fingerprint density at radius 3 is 2.12 bits per heavy atom. The van der Waals surface area contributed by atoms with Crippen molar-refractivity contribution < 1.29 is 4.79 Å². The molecule has 4 aromatic rings. The smallest absolute Gasteiger partial charge is 0.323 e. The molecule has 0 unspecified atom stereocenters. The molecule has 0 aliphatic carbocycles. The quantitative estimate of drug-likeness (QED) is 0.427. The second kappa shape index (κ2) is 7.38. The fraction of sp³-hybridized carbons (Fsp3) is 0.138. The predicted molar refractivity (Wildman–Crippen MR) is 128 cm³/mol. The third-order valence-electron chi connectivity index (χ3n) is 6.90. The van der Waals surface area contributed by atoms with E-state index >= 15 is 0 Å². The van der Waals surface area contributed by atoms with E-state index in [1.165, 1.54) is 16.7 Å². The fourth-order valence-electron chi connectivity index (χ4n) is 5.51. The van der Waals surface area contributed by atoms with Gasteiger partial charge in [-0.1, -0.05) is 103 Å². The molecule has 2 aliphatic heterocycles. The zero-order valence-electron chi connectivity index (χ0n) is 17.7. The second-order valence-corrected chi connectivity index (χ2v) is 8.64. The summed E-state index contributed by atoms with van der Waals surface area (Å²) in [5.74, 6) is 0. The summed E-state index contributed by atoms with van der Waals surface area (Å²) in [5.41, 5.74) is 6.33. The number of carbonyl (C=O) groups excluding carboxylic acids is 1. The summed E-state index contributed by atoms with van der Waals surface area (Å²) in [6.45, 7) is 0. The number of amides is 2. The van der Waals surface area contributed by atoms with E-state index in [1.807, 2.05) is 35.2 Å². The minimum atomic E-state index is -0.576. The molecule has 2 atom stereocenters. The lowest BCUT2D eigenvalue weighted by Crippen LogP contribution is -2.55. The van der Waals surface area contributed by atoms with Crippen molar-refractivity contribution in [2.75, 3.05) is 4.90 Å². The van der Waals surface area contributed by atoms with E-state index in [4.69, 9.17) is 0 Å². The fourth-order valence-corrected chi connectivity index (χ4v) is 5.51. The number of carbonyl (C=O) groups is 1. The standard InChI is InChI=1S/C29H24N2O/c32-28-30-26(21-11-3-1-4-12-21)19-22-13-7-9-17-25(22)29(24-15-5-2-6-16-24)20-23-14-8-10-18-27(23)31(28)29/h1-18,26H,19-20H2,(H,30,32)/t26-,29+/m0/s1. The second-order valence-electron chi connectivity index (χ2n) is 8.64. The van der Waals surface area contributed by atoms with Crippen LogP contribution in [0.1, 0.15) is 33.9 Å². The number of para-hydroxylation sites is 1. The van der Waals surface area contributed by atoms with Gasteiger partial charge in [0.05, 0.1) is 11.7 Å². The maximum absolute atomic E-state index is 14.0. The summed E-state index contributed by atoms with van der Waals surface area (Å²) in [5, 5.41) is 3.37. The molecule has 0 radical (unpaired) electrons. The molecular formula is C29H24N2O. The number of rotatable bonds is 2. The van der Waals surface area contributed by atoms with Crippen LogP contribution in [0.4, 0.5) is 10.5 Å². The zero-order valence-corrected chi connectivity index (χ0v) is 17.7. The lowest BCUT2D eigenvalue weighted by atomic mass is 9.76. The van der Waals surface area contributed by atoms with Crippen molar-refractivity contribution in [2.45, 2.75) is 24.4 Å². The third kappa shape index (κ3) is 2.78. The molecular weight excluding hydrogens is 392 g/mol. The van der Waals surface area contributed by atoms with Crippen molar-refractivity contribution in [3.05, 3.63) is 137 Å². The van der Waals surface area contributed by atoms with Crippen molar-refractivity contribution in [3.63, 3.8) is 0 Å². The van der Waals surface area contributed by atoms with Crippen LogP contribution in [0.25, 0.3) is 0 Å². The molecule has 2 amide bonds. The summed E-state index contributed by atoms with van der Waals surface area (Å²) < 4.78 is 0. The van der Waals surface area contributed by atoms with Gasteiger partial charge in [0, 0.05) is 6.42 Å². The van der Waals surface area contributed by atoms with Gasteiger partial charge in [-0.15, -0.1) is 0 Å². The number of hydrogen-bond acceptors (Lipinski definition) is 1. The van der Waals surface area contributed by atoms with Crippen molar-refractivity contribution in [2.24, 2.45) is 0 Å². The number of benzene rings is 4. The van der Waals surface area contributed by atoms with E-state index in [0.29, 0.717) is 0 Å². The molecule has 0 spiro atoms. The van der Waals surface area contributed by atoms with Crippen LogP contribution in [-0.4, -0.2) is 6.03 Å². The number of anilines is 1. The Balaban J connectivity index is 1.63. The number of urea groups is 1. The Kier molecular flexibility index (Phi) is 4.36. The van der Waals surface area contributed by atoms with Gasteiger partial charge in [-0.3, -0.25) is 4.90 Å². The van der Waals surface area contributed by atoms with Gasteiger partial charge >= 0.3 is 6.03 Å². The minimum Gasteiger partial charge on any atom is -0.331 e. The maximum atomic E-state index is 14.0. The molecule has 0 aromatic heterocycles. The molecule has 156 valence electrons. The van der Waals surface area contributed by atoms with Crippen molar-refractivity contribution in [1.82, 2.24) is 5.32 Å². The van der Waals surface area contributed by atoms with E-state index in [9.17, 15) is 4.79 Å². The molecule has 0 bridgehead atoms. The first-order valence-electron chi connectivity index (χ1n) is 11.1. The number of hydrogen-bond donors (Lipinski definition) is 1. The van der Waals surface area contributed by atoms with E-state index in [1.54, 1.807) is 0 Å². The maximum Gasteiger partial charge on any atom is 0.323 e. The molecule has 4 aromatic carbocycles. The van der Waals surface area contributed by atoms with Crippen molar-refractivity contribution in [1.29, 1.82) is 0 Å². The minimum absolute atomic E-state index is 0.0536. The normalized spacial score (nSPS) is 21.6. The van der Waals surface area contributed by atoms with E-state index < -0.39 is 5.54 Å². The largest absolute Gasteiger partial charge is 0.331 e. The molecule has 6 rings (SSSR count). The van der Waals surface area contributed by atoms with Gasteiger partial charge in [0.1, 0.15) is 5.54 Å². The molecule has 2 heterocycles. The Morgan fingerprint density at radius 2 is 1.34 bits per heavy atom. The highest BCUT2D eigenvalue weighted by molar-refractivity contribution is 5.98. The van der Waals surface area contributed by atoms with Gasteiger partial charge in [-0.25, -0.2) is 4.79 Å². The molecule has 32 heavy (non-hydrogen) atoms. The lowest BCUT2D eigenvalue weighted by Gasteiger charge is -2.43. The molecule has 0 fully saturated rings. The number of nitrogens with zero attached hydrogens (tertiary/aromatic N) is 1. The van der Waals surface area contributed by atoms with Crippen LogP contribution in [0.2, 0.25) is 0 Å². The number of fused-ring (bicyclic) bond motifs is 5. The first kappa shape index (κ1) is 18.9. The summed E-state index contributed by atoms with van der Waals surface area (Å²) in [6, 6.07) is 37.5. The van der Waals surface area contributed by atoms with Gasteiger partial charge in [-0.2, -0.15) is 0 Å². The average Bonchev–Trinajstić information content (AvgIpc) is 3.20. The van der Waals surface area contributed by atoms with E-state index in [0.717, 1.165) is 29.7 Å². The highest BCUT2D eigenvalue weighted by Gasteiger charge is 2.51. The van der Waals surface area contributed by atoms with Crippen LogP contribution in [0.3, 0.4) is 0 Å². The zero-order chi connectivity index (χ0) is 21.5. The third-order valence-corrected chi connectivity index (χ3v) is 6.90. The van der Waals surface area contributed by atoms with Crippen LogP contribution < -0.4 is 10.2 Å². The molecule has 0 saturated carbocycles. The molecule has 0 saturated heterocycles. The van der Waals surface area contributed by atoms with E-state index in [2.05, 4.69) is 84.2 Å². The SMILES string of the molecule is O=C1N[C@H](c2ccccc2)Cc2ccccc2[C@]2(c3ccccc3)Cc3ccccc3N12. The number of nitrogens with one attached hydrogen (secondary N) is 1. The first-order chi connectivity index (χ1) is 15.8. The van der Waals surface area contributed by atoms with E-state index in [-0.39, 0.29) is 12.1 Å². The van der Waals surface area contributed by atoms with Crippen LogP contribution in [0, 0.1) is 0 Å². The molecule has 2 aliphatic rings. The topological polar surface area (TPSA) is 32.3 Å². The van der Waals surface area contributed by atoms with Crippen LogP contribution in [0.15, 0.2) is 109 Å². The Morgan fingerprint density at radius 1 is 0.719 bits per heavy atom. The van der Waals surface area contributed by atoms with Gasteiger partial charge in [0.25, 0.3) is 0 Å². The molecule has 1 N–H and O–H groups in total. The van der Waals surface area contributed by atoms with Crippen LogP contribution in [0.5, 0.6) is 0 Å². The average molecular weight is 417 g/mol. The summed E-state index contributed by atoms with van der Waals surface area (Å²) in [7, 11) is 0. The highest BCUT2D eigenvalue weighted by atomic mass is 16.2. The van der Waals surface area contributed by atoms with Crippen LogP contribution in [-0.2, 0) is 18.4 Å². The van der Waals surface area contributed by atoms with Crippen LogP contribution >= 0.6 is 0 Å². The Bertz CT molecular complexity index is 1280. The van der Waals surface area contributed by atoms with Crippen molar-refractivity contribution >= 4 is 11.7 Å². The first-order valence-corrected chi connectivity index (χ1v) is 11.1. The summed E-state index contributed by atoms with van der Waals surface area (Å²) >= 11 is 0. The predicted octanol–water partition coefficient (Wildman–Crippen LogP) is 6.00. The van der Waals surface area contributed by atoms with Crippen molar-refractivity contribution in [3.8, 4) is 0 Å². The highest BCUT2D eigenvalue weighted by Crippen LogP contribution is 2.51. The Hall–Kier alpha value is -3.85. The molecule has 3 heteroatoms. The summed E-state index contributed by atoms with van der Waals surface area (Å²) in [6.07, 6.45) is 1.51.